The molecule has 11 nitrogen and oxygen atoms in total. The fourth-order valence-corrected chi connectivity index (χ4v) is 6.60. The monoisotopic (exact) mass is 621 g/mol. The molecule has 3 N–H and O–H groups in total. The zero-order valence-electron chi connectivity index (χ0n) is 23.5. The summed E-state index contributed by atoms with van der Waals surface area (Å²) in [5.41, 5.74) is -0.588. The minimum atomic E-state index is -5.20. The van der Waals surface area contributed by atoms with Gasteiger partial charge in [-0.1, -0.05) is 36.4 Å². The van der Waals surface area contributed by atoms with E-state index < -0.39 is 45.4 Å². The molecule has 0 radical (unpaired) electrons. The molecule has 1 saturated heterocycles. The molecule has 3 aromatic rings. The molecule has 2 aliphatic rings. The Morgan fingerprint density at radius 1 is 1.19 bits per heavy atom. The second kappa shape index (κ2) is 13.7. The van der Waals surface area contributed by atoms with E-state index in [0.717, 1.165) is 5.56 Å². The average Bonchev–Trinajstić information content (AvgIpc) is 3.70. The van der Waals surface area contributed by atoms with Gasteiger partial charge in [-0.2, -0.15) is 0 Å². The third kappa shape index (κ3) is 6.99. The summed E-state index contributed by atoms with van der Waals surface area (Å²) in [6.07, 6.45) is 1.47. The van der Waals surface area contributed by atoms with Crippen LogP contribution in [0.4, 0.5) is 0 Å². The first-order chi connectivity index (χ1) is 19.6. The number of ether oxygens (including phenoxy) is 1. The Morgan fingerprint density at radius 2 is 1.93 bits per heavy atom. The fraction of sp³-hybridized carbons (Fsp3) is 0.414. The molecule has 1 saturated carbocycles. The van der Waals surface area contributed by atoms with Crippen molar-refractivity contribution in [3.8, 4) is 5.75 Å². The molecule has 218 valence electrons. The van der Waals surface area contributed by atoms with E-state index in [2.05, 4.69) is 10.3 Å². The van der Waals surface area contributed by atoms with E-state index >= 15 is 0 Å². The van der Waals surface area contributed by atoms with E-state index in [1.165, 1.54) is 12.0 Å². The normalized spacial score (nSPS) is 22.0. The molecule has 0 spiro atoms. The van der Waals surface area contributed by atoms with Crippen molar-refractivity contribution in [2.24, 2.45) is 5.92 Å². The summed E-state index contributed by atoms with van der Waals surface area (Å²) in [7, 11) is -3.67. The van der Waals surface area contributed by atoms with Gasteiger partial charge in [-0.3, -0.25) is 14.4 Å². The van der Waals surface area contributed by atoms with Crippen LogP contribution in [0.5, 0.6) is 5.75 Å². The van der Waals surface area contributed by atoms with E-state index in [0.29, 0.717) is 35.9 Å². The molecule has 5 rings (SSSR count). The summed E-state index contributed by atoms with van der Waals surface area (Å²) in [6.45, 7) is 0.210. The number of aliphatic hydroxyl groups excluding tert-OH is 1. The molecule has 1 unspecified atom stereocenters. The Kier molecular flexibility index (Phi) is 10.7. The number of nitrogens with one attached hydrogen (secondary N) is 2. The minimum absolute atomic E-state index is 0. The molecule has 5 atom stereocenters. The molecule has 2 heterocycles. The van der Waals surface area contributed by atoms with E-state index in [4.69, 9.17) is 4.74 Å². The average molecular weight is 622 g/mol. The third-order valence-electron chi connectivity index (χ3n) is 8.15. The number of nitrogens with zero attached hydrogens (tertiary/aromatic N) is 1. The van der Waals surface area contributed by atoms with Gasteiger partial charge in [-0.15, -0.1) is 0 Å². The maximum absolute atomic E-state index is 13.8. The number of hydrogen-bond acceptors (Lipinski definition) is 8. The van der Waals surface area contributed by atoms with E-state index in [1.807, 2.05) is 30.3 Å². The van der Waals surface area contributed by atoms with Crippen molar-refractivity contribution in [1.82, 2.24) is 15.2 Å². The summed E-state index contributed by atoms with van der Waals surface area (Å²) in [6, 6.07) is 13.9. The maximum atomic E-state index is 13.8. The van der Waals surface area contributed by atoms with Crippen LogP contribution in [0.3, 0.4) is 0 Å². The number of aromatic nitrogens is 1. The quantitative estimate of drug-likeness (QED) is 0.208. The Balaban J connectivity index is 0.00000405. The predicted octanol–water partition coefficient (Wildman–Crippen LogP) is -0.713. The molecule has 1 aliphatic carbocycles. The minimum Gasteiger partial charge on any atom is -0.746 e. The number of likely N-dealkylation sites (tertiary alicyclic amines) is 1. The fourth-order valence-electron chi connectivity index (χ4n) is 6.02. The van der Waals surface area contributed by atoms with Gasteiger partial charge in [0.15, 0.2) is 5.44 Å². The van der Waals surface area contributed by atoms with Crippen molar-refractivity contribution in [1.29, 1.82) is 0 Å². The summed E-state index contributed by atoms with van der Waals surface area (Å²) in [4.78, 5) is 44.3. The zero-order chi connectivity index (χ0) is 29.3. The van der Waals surface area contributed by atoms with E-state index in [9.17, 15) is 32.5 Å². The largest absolute Gasteiger partial charge is 1.00 e. The molecular formula is C29H32KN3O8S. The number of fused-ring (bicyclic) bond motifs is 1. The number of carbonyl (C=O) groups is 3. The Hall–Kier alpha value is -2.10. The van der Waals surface area contributed by atoms with Crippen LogP contribution in [0.1, 0.15) is 54.1 Å². The van der Waals surface area contributed by atoms with Gasteiger partial charge in [0.25, 0.3) is 5.91 Å². The van der Waals surface area contributed by atoms with Crippen molar-refractivity contribution in [3.05, 3.63) is 65.9 Å². The smallest absolute Gasteiger partial charge is 0.746 e. The topological polar surface area (TPSA) is 169 Å². The maximum Gasteiger partial charge on any atom is 1.00 e. The Labute approximate surface area is 286 Å². The van der Waals surface area contributed by atoms with Gasteiger partial charge in [0, 0.05) is 35.7 Å². The van der Waals surface area contributed by atoms with Crippen LogP contribution >= 0.6 is 0 Å². The molecule has 2 aromatic carbocycles. The molecule has 2 amide bonds. The summed E-state index contributed by atoms with van der Waals surface area (Å²) >= 11 is 0. The van der Waals surface area contributed by atoms with Crippen LogP contribution in [0, 0.1) is 5.92 Å². The van der Waals surface area contributed by atoms with Crippen LogP contribution in [0.15, 0.2) is 54.6 Å². The number of benzene rings is 2. The van der Waals surface area contributed by atoms with Crippen LogP contribution < -0.4 is 61.4 Å². The number of aliphatic hydroxyl groups is 1. The first-order valence-corrected chi connectivity index (χ1v) is 15.0. The van der Waals surface area contributed by atoms with Crippen LogP contribution in [-0.4, -0.2) is 76.7 Å². The van der Waals surface area contributed by atoms with Gasteiger partial charge in [-0.05, 0) is 49.4 Å². The summed E-state index contributed by atoms with van der Waals surface area (Å²) < 4.78 is 40.6. The second-order valence-electron chi connectivity index (χ2n) is 10.7. The number of aromatic amines is 1. The number of hydrogen-bond donors (Lipinski definition) is 3. The zero-order valence-corrected chi connectivity index (χ0v) is 27.4. The predicted molar refractivity (Wildman–Crippen MR) is 148 cm³/mol. The summed E-state index contributed by atoms with van der Waals surface area (Å²) in [5, 5.41) is 13.6. The Morgan fingerprint density at radius 3 is 2.57 bits per heavy atom. The number of carbonyl (C=O) groups excluding carboxylic acids is 3. The molecule has 0 bridgehead atoms. The van der Waals surface area contributed by atoms with Gasteiger partial charge in [0.1, 0.15) is 33.4 Å². The van der Waals surface area contributed by atoms with Gasteiger partial charge in [-0.25, -0.2) is 8.42 Å². The first-order valence-electron chi connectivity index (χ1n) is 13.5. The first kappa shape index (κ1) is 32.8. The number of H-pyrrole nitrogens is 1. The molecule has 1 aliphatic heterocycles. The number of methoxy groups -OCH3 is 1. The standard InChI is InChI=1S/C29H33N3O8S.K/c1-40-26-12-6-10-21-20(26)15-22(30-21)28(35)32-16-19(17-7-3-2-4-8-17)14-24(32)27(34)31-23(29(36)41(37,38)39)13-18-9-5-11-25(18)33;/h2-4,6-8,10,12,15,18-19,23-24,29-30,36H,5,9,11,13-14,16H2,1H3,(H,31,34)(H,37,38,39);/q;+1/p-1/t18-,19+,23-,24-,29?;/m0./s1. The molecule has 42 heavy (non-hydrogen) atoms. The second-order valence-corrected chi connectivity index (χ2v) is 12.2. The summed E-state index contributed by atoms with van der Waals surface area (Å²) in [5.74, 6) is -1.44. The Bertz CT molecular complexity index is 1560. The van der Waals surface area contributed by atoms with Crippen molar-refractivity contribution in [3.63, 3.8) is 0 Å². The van der Waals surface area contributed by atoms with Gasteiger partial charge in [0.2, 0.25) is 5.91 Å². The van der Waals surface area contributed by atoms with Crippen molar-refractivity contribution >= 4 is 38.6 Å². The van der Waals surface area contributed by atoms with Crippen LogP contribution in [-0.2, 0) is 19.7 Å². The molecule has 2 fully saturated rings. The number of Topliss-reactive ketones (excluding diaryl/α,β-unsaturated/α-hetero) is 1. The van der Waals surface area contributed by atoms with E-state index in [-0.39, 0.29) is 88.2 Å². The molecular weight excluding hydrogens is 589 g/mol. The molecule has 13 heteroatoms. The number of amides is 2. The van der Waals surface area contributed by atoms with Crippen LogP contribution in [0.25, 0.3) is 10.9 Å². The van der Waals surface area contributed by atoms with Gasteiger partial charge in [0.05, 0.1) is 13.2 Å². The molecule has 1 aromatic heterocycles. The van der Waals surface area contributed by atoms with Crippen molar-refractivity contribution < 1.29 is 88.6 Å². The van der Waals surface area contributed by atoms with Gasteiger partial charge >= 0.3 is 51.4 Å². The SMILES string of the molecule is COc1cccc2[nH]c(C(=O)N3C[C@H](c4ccccc4)C[C@H]3C(=O)N[C@@H](C[C@@H]3CCCC3=O)C(O)S(=O)(=O)[O-])cc12.[K+]. The van der Waals surface area contributed by atoms with Crippen LogP contribution in [0.2, 0.25) is 0 Å². The number of ketones is 1. The third-order valence-corrected chi connectivity index (χ3v) is 9.07. The van der Waals surface area contributed by atoms with Crippen molar-refractivity contribution in [2.75, 3.05) is 13.7 Å². The number of rotatable bonds is 9. The van der Waals surface area contributed by atoms with E-state index in [1.54, 1.807) is 24.3 Å². The van der Waals surface area contributed by atoms with Crippen molar-refractivity contribution in [2.45, 2.75) is 55.5 Å². The van der Waals surface area contributed by atoms with Gasteiger partial charge < -0.3 is 29.6 Å².